The summed E-state index contributed by atoms with van der Waals surface area (Å²) in [4.78, 5) is 0. The first kappa shape index (κ1) is 15.5. The van der Waals surface area contributed by atoms with Crippen LogP contribution in [0.1, 0.15) is 57.4 Å². The third-order valence-corrected chi connectivity index (χ3v) is 6.16. The van der Waals surface area contributed by atoms with Gasteiger partial charge in [0.25, 0.3) is 0 Å². The standard InChI is InChI=1S/C18H25BrO2/c1-17(20,15-7-3-4-8-16(15)19)14-9-12-21-18(13-14)10-5-2-6-11-18/h3-4,7-8,14,20H,2,5-6,9-13H2,1H3. The zero-order valence-corrected chi connectivity index (χ0v) is 14.4. The fourth-order valence-corrected chi connectivity index (χ4v) is 4.83. The second-order valence-electron chi connectivity index (χ2n) is 6.91. The van der Waals surface area contributed by atoms with Crippen LogP contribution in [0.4, 0.5) is 0 Å². The van der Waals surface area contributed by atoms with Gasteiger partial charge in [-0.05, 0) is 50.2 Å². The van der Waals surface area contributed by atoms with Crippen molar-refractivity contribution in [2.45, 2.75) is 63.1 Å². The Morgan fingerprint density at radius 2 is 1.95 bits per heavy atom. The molecular weight excluding hydrogens is 328 g/mol. The monoisotopic (exact) mass is 352 g/mol. The second kappa shape index (κ2) is 6.02. The van der Waals surface area contributed by atoms with E-state index in [1.807, 2.05) is 31.2 Å². The van der Waals surface area contributed by atoms with Gasteiger partial charge in [-0.1, -0.05) is 53.4 Å². The van der Waals surface area contributed by atoms with E-state index in [0.717, 1.165) is 42.3 Å². The summed E-state index contributed by atoms with van der Waals surface area (Å²) >= 11 is 3.59. The average Bonchev–Trinajstić information content (AvgIpc) is 2.48. The van der Waals surface area contributed by atoms with Crippen molar-refractivity contribution in [1.82, 2.24) is 0 Å². The highest BCUT2D eigenvalue weighted by atomic mass is 79.9. The molecule has 2 atom stereocenters. The van der Waals surface area contributed by atoms with Crippen molar-refractivity contribution >= 4 is 15.9 Å². The van der Waals surface area contributed by atoms with E-state index in [1.165, 1.54) is 19.3 Å². The first-order chi connectivity index (χ1) is 10.0. The van der Waals surface area contributed by atoms with Crippen molar-refractivity contribution < 1.29 is 9.84 Å². The molecule has 116 valence electrons. The molecule has 2 fully saturated rings. The van der Waals surface area contributed by atoms with Gasteiger partial charge in [-0.25, -0.2) is 0 Å². The molecule has 0 aromatic heterocycles. The molecule has 2 aliphatic rings. The van der Waals surface area contributed by atoms with E-state index in [9.17, 15) is 5.11 Å². The molecule has 1 spiro atoms. The second-order valence-corrected chi connectivity index (χ2v) is 7.76. The van der Waals surface area contributed by atoms with Gasteiger partial charge in [-0.3, -0.25) is 0 Å². The van der Waals surface area contributed by atoms with Crippen LogP contribution in [-0.4, -0.2) is 17.3 Å². The molecule has 1 aliphatic carbocycles. The maximum Gasteiger partial charge on any atom is 0.0909 e. The van der Waals surface area contributed by atoms with Crippen molar-refractivity contribution in [2.75, 3.05) is 6.61 Å². The lowest BCUT2D eigenvalue weighted by molar-refractivity contribution is -0.154. The van der Waals surface area contributed by atoms with Crippen LogP contribution in [0, 0.1) is 5.92 Å². The van der Waals surface area contributed by atoms with Crippen molar-refractivity contribution in [3.05, 3.63) is 34.3 Å². The lowest BCUT2D eigenvalue weighted by Crippen LogP contribution is -2.47. The van der Waals surface area contributed by atoms with Crippen LogP contribution < -0.4 is 0 Å². The molecule has 1 aliphatic heterocycles. The van der Waals surface area contributed by atoms with Gasteiger partial charge in [0.2, 0.25) is 0 Å². The highest BCUT2D eigenvalue weighted by Crippen LogP contribution is 2.47. The Morgan fingerprint density at radius 1 is 1.24 bits per heavy atom. The lowest BCUT2D eigenvalue weighted by atomic mass is 9.69. The van der Waals surface area contributed by atoms with E-state index < -0.39 is 5.60 Å². The van der Waals surface area contributed by atoms with E-state index >= 15 is 0 Å². The van der Waals surface area contributed by atoms with Gasteiger partial charge in [-0.15, -0.1) is 0 Å². The number of ether oxygens (including phenoxy) is 1. The summed E-state index contributed by atoms with van der Waals surface area (Å²) in [7, 11) is 0. The summed E-state index contributed by atoms with van der Waals surface area (Å²) in [5.41, 5.74) is 0.239. The van der Waals surface area contributed by atoms with Gasteiger partial charge in [0.1, 0.15) is 0 Å². The zero-order valence-electron chi connectivity index (χ0n) is 12.8. The number of hydrogen-bond donors (Lipinski definition) is 1. The zero-order chi connectivity index (χ0) is 14.9. The number of rotatable bonds is 2. The lowest BCUT2D eigenvalue weighted by Gasteiger charge is -2.47. The van der Waals surface area contributed by atoms with Crippen LogP contribution in [0.3, 0.4) is 0 Å². The van der Waals surface area contributed by atoms with Gasteiger partial charge >= 0.3 is 0 Å². The Kier molecular flexibility index (Phi) is 4.45. The molecule has 0 radical (unpaired) electrons. The van der Waals surface area contributed by atoms with Gasteiger partial charge in [0, 0.05) is 11.1 Å². The largest absolute Gasteiger partial charge is 0.385 e. The normalized spacial score (nSPS) is 28.2. The number of benzene rings is 1. The molecule has 1 saturated heterocycles. The molecule has 0 bridgehead atoms. The molecule has 1 aromatic rings. The minimum absolute atomic E-state index is 0.0341. The Balaban J connectivity index is 1.83. The molecule has 3 rings (SSSR count). The fraction of sp³-hybridized carbons (Fsp3) is 0.667. The van der Waals surface area contributed by atoms with Crippen LogP contribution in [0.15, 0.2) is 28.7 Å². The highest BCUT2D eigenvalue weighted by Gasteiger charge is 2.45. The van der Waals surface area contributed by atoms with E-state index in [-0.39, 0.29) is 11.5 Å². The molecule has 1 saturated carbocycles. The summed E-state index contributed by atoms with van der Waals surface area (Å²) in [6.07, 6.45) is 8.12. The number of aliphatic hydroxyl groups is 1. The predicted molar refractivity (Wildman–Crippen MR) is 88.2 cm³/mol. The van der Waals surface area contributed by atoms with Crippen LogP contribution >= 0.6 is 15.9 Å². The number of hydrogen-bond acceptors (Lipinski definition) is 2. The van der Waals surface area contributed by atoms with Crippen LogP contribution in [0.25, 0.3) is 0 Å². The van der Waals surface area contributed by atoms with Crippen LogP contribution in [0.2, 0.25) is 0 Å². The summed E-state index contributed by atoms with van der Waals surface area (Å²) in [5.74, 6) is 0.267. The topological polar surface area (TPSA) is 29.5 Å². The first-order valence-electron chi connectivity index (χ1n) is 8.15. The van der Waals surface area contributed by atoms with E-state index in [0.29, 0.717) is 0 Å². The SMILES string of the molecule is CC(O)(c1ccccc1Br)C1CCOC2(CCCCC2)C1. The maximum absolute atomic E-state index is 11.2. The fourth-order valence-electron chi connectivity index (χ4n) is 4.14. The Bertz CT molecular complexity index is 486. The van der Waals surface area contributed by atoms with Crippen molar-refractivity contribution in [3.8, 4) is 0 Å². The summed E-state index contributed by atoms with van der Waals surface area (Å²) in [6, 6.07) is 8.05. The molecule has 1 aromatic carbocycles. The molecular formula is C18H25BrO2. The van der Waals surface area contributed by atoms with Gasteiger partial charge in [0.15, 0.2) is 0 Å². The quantitative estimate of drug-likeness (QED) is 0.829. The van der Waals surface area contributed by atoms with Crippen molar-refractivity contribution in [2.24, 2.45) is 5.92 Å². The van der Waals surface area contributed by atoms with Gasteiger partial charge in [-0.2, -0.15) is 0 Å². The summed E-state index contributed by atoms with van der Waals surface area (Å²) in [6.45, 7) is 2.75. The summed E-state index contributed by atoms with van der Waals surface area (Å²) < 4.78 is 7.17. The molecule has 21 heavy (non-hydrogen) atoms. The van der Waals surface area contributed by atoms with Gasteiger partial charge < -0.3 is 9.84 Å². The van der Waals surface area contributed by atoms with E-state index in [2.05, 4.69) is 15.9 Å². The molecule has 0 amide bonds. The third kappa shape index (κ3) is 3.06. The molecule has 1 N–H and O–H groups in total. The Hall–Kier alpha value is -0.380. The minimum atomic E-state index is -0.797. The Morgan fingerprint density at radius 3 is 2.67 bits per heavy atom. The molecule has 2 nitrogen and oxygen atoms in total. The maximum atomic E-state index is 11.2. The smallest absolute Gasteiger partial charge is 0.0909 e. The van der Waals surface area contributed by atoms with Gasteiger partial charge in [0.05, 0.1) is 11.2 Å². The summed E-state index contributed by atoms with van der Waals surface area (Å²) in [5, 5.41) is 11.2. The van der Waals surface area contributed by atoms with E-state index in [1.54, 1.807) is 0 Å². The predicted octanol–water partition coefficient (Wildman–Crippen LogP) is 4.79. The minimum Gasteiger partial charge on any atom is -0.385 e. The molecule has 1 heterocycles. The molecule has 2 unspecified atom stereocenters. The number of halogens is 1. The average molecular weight is 353 g/mol. The first-order valence-corrected chi connectivity index (χ1v) is 8.94. The van der Waals surface area contributed by atoms with Crippen molar-refractivity contribution in [3.63, 3.8) is 0 Å². The third-order valence-electron chi connectivity index (χ3n) is 5.47. The van der Waals surface area contributed by atoms with Crippen LogP contribution in [-0.2, 0) is 10.3 Å². The molecule has 3 heteroatoms. The van der Waals surface area contributed by atoms with Crippen molar-refractivity contribution in [1.29, 1.82) is 0 Å². The highest BCUT2D eigenvalue weighted by molar-refractivity contribution is 9.10. The Labute approximate surface area is 136 Å². The van der Waals surface area contributed by atoms with Crippen LogP contribution in [0.5, 0.6) is 0 Å². The van der Waals surface area contributed by atoms with E-state index in [4.69, 9.17) is 4.74 Å².